The summed E-state index contributed by atoms with van der Waals surface area (Å²) in [6, 6.07) is 4.18. The van der Waals surface area contributed by atoms with E-state index in [1.807, 2.05) is 0 Å². The van der Waals surface area contributed by atoms with Crippen LogP contribution in [0.1, 0.15) is 44.1 Å². The first kappa shape index (κ1) is 15.4. The molecule has 0 spiro atoms. The van der Waals surface area contributed by atoms with Crippen molar-refractivity contribution in [2.24, 2.45) is 5.92 Å². The highest BCUT2D eigenvalue weighted by Gasteiger charge is 2.54. The summed E-state index contributed by atoms with van der Waals surface area (Å²) in [5.74, 6) is 0.595. The van der Waals surface area contributed by atoms with Gasteiger partial charge in [0, 0.05) is 5.56 Å². The third-order valence-corrected chi connectivity index (χ3v) is 8.15. The van der Waals surface area contributed by atoms with Crippen LogP contribution in [0.5, 0.6) is 5.75 Å². The smallest absolute Gasteiger partial charge is 0.156 e. The highest BCUT2D eigenvalue weighted by Crippen LogP contribution is 2.49. The second kappa shape index (κ2) is 5.18. The van der Waals surface area contributed by atoms with Gasteiger partial charge in [-0.05, 0) is 62.6 Å². The van der Waals surface area contributed by atoms with E-state index in [0.29, 0.717) is 36.7 Å². The highest BCUT2D eigenvalue weighted by molar-refractivity contribution is 7.93. The molecule has 126 valence electrons. The van der Waals surface area contributed by atoms with Crippen LogP contribution in [-0.4, -0.2) is 30.6 Å². The Bertz CT molecular complexity index is 706. The van der Waals surface area contributed by atoms with Crippen molar-refractivity contribution in [2.45, 2.75) is 54.6 Å². The van der Waals surface area contributed by atoms with Crippen LogP contribution >= 0.6 is 0 Å². The van der Waals surface area contributed by atoms with E-state index in [1.54, 1.807) is 6.07 Å². The molecule has 23 heavy (non-hydrogen) atoms. The van der Waals surface area contributed by atoms with Gasteiger partial charge in [-0.25, -0.2) is 12.8 Å². The molecular formula is C17H21FO4S. The number of hydrogen-bond donors (Lipinski definition) is 1. The first-order chi connectivity index (χ1) is 10.9. The molecule has 0 radical (unpaired) electrons. The fraction of sp³-hybridized carbons (Fsp3) is 0.647. The maximum absolute atomic E-state index is 13.8. The van der Waals surface area contributed by atoms with Gasteiger partial charge in [-0.3, -0.25) is 0 Å². The van der Waals surface area contributed by atoms with Gasteiger partial charge in [0.05, 0.1) is 22.7 Å². The Labute approximate surface area is 135 Å². The maximum atomic E-state index is 13.8. The van der Waals surface area contributed by atoms with E-state index in [0.717, 1.165) is 12.8 Å². The van der Waals surface area contributed by atoms with Crippen molar-refractivity contribution in [2.75, 3.05) is 6.61 Å². The van der Waals surface area contributed by atoms with Crippen molar-refractivity contribution in [1.82, 2.24) is 0 Å². The summed E-state index contributed by atoms with van der Waals surface area (Å²) < 4.78 is 44.1. The molecule has 2 heterocycles. The molecule has 2 aliphatic heterocycles. The van der Waals surface area contributed by atoms with E-state index in [9.17, 15) is 17.9 Å². The van der Waals surface area contributed by atoms with Crippen LogP contribution in [0.4, 0.5) is 4.39 Å². The van der Waals surface area contributed by atoms with Crippen LogP contribution in [0.25, 0.3) is 0 Å². The van der Waals surface area contributed by atoms with Crippen molar-refractivity contribution in [3.63, 3.8) is 0 Å². The van der Waals surface area contributed by atoms with Crippen LogP contribution in [0.3, 0.4) is 0 Å². The summed E-state index contributed by atoms with van der Waals surface area (Å²) in [5.41, 5.74) is -0.914. The molecule has 1 saturated carbocycles. The number of rotatable bonds is 4. The van der Waals surface area contributed by atoms with E-state index in [-0.39, 0.29) is 12.8 Å². The quantitative estimate of drug-likeness (QED) is 0.915. The van der Waals surface area contributed by atoms with Crippen molar-refractivity contribution in [1.29, 1.82) is 0 Å². The number of halogens is 1. The zero-order valence-corrected chi connectivity index (χ0v) is 13.7. The van der Waals surface area contributed by atoms with Gasteiger partial charge in [0.2, 0.25) is 0 Å². The lowest BCUT2D eigenvalue weighted by molar-refractivity contribution is 0.0142. The molecule has 1 aliphatic carbocycles. The molecule has 6 heteroatoms. The molecule has 3 fully saturated rings. The van der Waals surface area contributed by atoms with Crippen LogP contribution in [-0.2, 0) is 15.4 Å². The normalized spacial score (nSPS) is 35.2. The van der Waals surface area contributed by atoms with Gasteiger partial charge in [0.15, 0.2) is 9.84 Å². The summed E-state index contributed by atoms with van der Waals surface area (Å²) >= 11 is 0. The molecule has 2 bridgehead atoms. The molecule has 4 rings (SSSR count). The van der Waals surface area contributed by atoms with E-state index >= 15 is 0 Å². The van der Waals surface area contributed by atoms with Crippen molar-refractivity contribution in [3.05, 3.63) is 29.6 Å². The van der Waals surface area contributed by atoms with Gasteiger partial charge in [-0.1, -0.05) is 0 Å². The van der Waals surface area contributed by atoms with Crippen LogP contribution in [0.2, 0.25) is 0 Å². The summed E-state index contributed by atoms with van der Waals surface area (Å²) in [4.78, 5) is 0. The molecule has 2 saturated heterocycles. The van der Waals surface area contributed by atoms with E-state index < -0.39 is 31.8 Å². The number of aliphatic hydroxyl groups is 1. The Morgan fingerprint density at radius 3 is 2.43 bits per heavy atom. The fourth-order valence-corrected chi connectivity index (χ4v) is 6.44. The monoisotopic (exact) mass is 340 g/mol. The third-order valence-electron chi connectivity index (χ3n) is 5.48. The van der Waals surface area contributed by atoms with Crippen LogP contribution in [0.15, 0.2) is 18.2 Å². The summed E-state index contributed by atoms with van der Waals surface area (Å²) in [6.45, 7) is 0.569. The van der Waals surface area contributed by atoms with E-state index in [1.165, 1.54) is 12.1 Å². The Balaban J connectivity index is 1.67. The van der Waals surface area contributed by atoms with Gasteiger partial charge < -0.3 is 9.84 Å². The van der Waals surface area contributed by atoms with Crippen LogP contribution < -0.4 is 4.74 Å². The molecular weight excluding hydrogens is 319 g/mol. The van der Waals surface area contributed by atoms with Gasteiger partial charge in [-0.2, -0.15) is 0 Å². The Morgan fingerprint density at radius 1 is 1.17 bits per heavy atom. The number of fused-ring (bicyclic) bond motifs is 2. The van der Waals surface area contributed by atoms with Crippen molar-refractivity contribution < 1.29 is 22.7 Å². The molecule has 2 unspecified atom stereocenters. The number of sulfone groups is 1. The number of benzene rings is 1. The first-order valence-corrected chi connectivity index (χ1v) is 9.87. The van der Waals surface area contributed by atoms with Crippen molar-refractivity contribution >= 4 is 9.84 Å². The average Bonchev–Trinajstić information content (AvgIpc) is 3.29. The molecule has 1 N–H and O–H groups in total. The summed E-state index contributed by atoms with van der Waals surface area (Å²) in [6.07, 6.45) is 3.72. The number of ether oxygens (including phenoxy) is 1. The Kier molecular flexibility index (Phi) is 3.47. The van der Waals surface area contributed by atoms with Gasteiger partial charge in [0.25, 0.3) is 0 Å². The second-order valence-corrected chi connectivity index (χ2v) is 9.76. The molecule has 0 amide bonds. The predicted molar refractivity (Wildman–Crippen MR) is 83.5 cm³/mol. The standard InChI is InChI=1S/C17H21FO4S/c18-12-3-6-16(22-10-11-1-2-11)15(7-12)17(19)8-13-4-5-14(9-17)23(13,20)21/h3,6-7,11,13-14,19H,1-2,4-5,8-10H2. The molecule has 1 aromatic carbocycles. The van der Waals surface area contributed by atoms with Crippen molar-refractivity contribution in [3.8, 4) is 5.75 Å². The van der Waals surface area contributed by atoms with Gasteiger partial charge >= 0.3 is 0 Å². The Morgan fingerprint density at radius 2 is 1.83 bits per heavy atom. The predicted octanol–water partition coefficient (Wildman–Crippen LogP) is 2.54. The highest BCUT2D eigenvalue weighted by atomic mass is 32.2. The largest absolute Gasteiger partial charge is 0.493 e. The first-order valence-electron chi connectivity index (χ1n) is 8.26. The summed E-state index contributed by atoms with van der Waals surface area (Å²) in [7, 11) is -3.14. The van der Waals surface area contributed by atoms with E-state index in [2.05, 4.69) is 0 Å². The third kappa shape index (κ3) is 2.66. The fourth-order valence-electron chi connectivity index (χ4n) is 3.95. The van der Waals surface area contributed by atoms with Crippen LogP contribution in [0, 0.1) is 11.7 Å². The molecule has 2 atom stereocenters. The topological polar surface area (TPSA) is 63.6 Å². The minimum Gasteiger partial charge on any atom is -0.493 e. The number of hydrogen-bond acceptors (Lipinski definition) is 4. The lowest BCUT2D eigenvalue weighted by Gasteiger charge is -2.37. The molecule has 0 aromatic heterocycles. The zero-order chi connectivity index (χ0) is 16.2. The summed E-state index contributed by atoms with van der Waals surface area (Å²) in [5, 5.41) is 10.1. The lowest BCUT2D eigenvalue weighted by Crippen LogP contribution is -2.43. The average molecular weight is 340 g/mol. The SMILES string of the molecule is O=S1(=O)C2CCC1CC(O)(c1cc(F)ccc1OCC1CC1)C2. The van der Waals surface area contributed by atoms with Gasteiger partial charge in [-0.15, -0.1) is 0 Å². The molecule has 3 aliphatic rings. The molecule has 1 aromatic rings. The minimum absolute atomic E-state index is 0.134. The van der Waals surface area contributed by atoms with E-state index in [4.69, 9.17) is 4.74 Å². The van der Waals surface area contributed by atoms with Gasteiger partial charge in [0.1, 0.15) is 11.6 Å². The molecule has 4 nitrogen and oxygen atoms in total. The lowest BCUT2D eigenvalue weighted by atomic mass is 9.85. The maximum Gasteiger partial charge on any atom is 0.156 e. The second-order valence-electron chi connectivity index (χ2n) is 7.25. The zero-order valence-electron chi connectivity index (χ0n) is 12.9. The minimum atomic E-state index is -3.14. The Hall–Kier alpha value is -1.14.